The van der Waals surface area contributed by atoms with E-state index >= 15 is 0 Å². The Morgan fingerprint density at radius 3 is 2.75 bits per heavy atom. The molecule has 1 aliphatic rings. The van der Waals surface area contributed by atoms with E-state index in [0.717, 1.165) is 12.8 Å². The zero-order chi connectivity index (χ0) is 14.8. The monoisotopic (exact) mass is 317 g/mol. The smallest absolute Gasteiger partial charge is 0.261 e. The minimum Gasteiger partial charge on any atom is -0.481 e. The molecule has 1 fully saturated rings. The molecule has 1 unspecified atom stereocenters. The molecule has 1 heterocycles. The highest BCUT2D eigenvalue weighted by Crippen LogP contribution is 2.25. The minimum atomic E-state index is -3.76. The maximum absolute atomic E-state index is 11.8. The van der Waals surface area contributed by atoms with Crippen LogP contribution in [0.2, 0.25) is 0 Å². The van der Waals surface area contributed by atoms with E-state index in [0.29, 0.717) is 24.3 Å². The predicted molar refractivity (Wildman–Crippen MR) is 75.5 cm³/mol. The van der Waals surface area contributed by atoms with Gasteiger partial charge in [-0.2, -0.15) is 0 Å². The number of hydrogen-bond donors (Lipinski definition) is 1. The van der Waals surface area contributed by atoms with Crippen LogP contribution in [0, 0.1) is 6.92 Å². The van der Waals surface area contributed by atoms with E-state index < -0.39 is 15.2 Å². The molecular weight excluding hydrogens is 302 g/mol. The normalized spacial score (nSPS) is 20.1. The number of aryl methyl sites for hydroxylation is 1. The molecule has 7 heteroatoms. The van der Waals surface area contributed by atoms with Crippen molar-refractivity contribution in [1.82, 2.24) is 5.32 Å². The van der Waals surface area contributed by atoms with Gasteiger partial charge in [-0.15, -0.1) is 0 Å². The number of ether oxygens (including phenoxy) is 1. The van der Waals surface area contributed by atoms with Gasteiger partial charge in [0.25, 0.3) is 15.0 Å². The van der Waals surface area contributed by atoms with Crippen molar-refractivity contribution < 1.29 is 17.9 Å². The van der Waals surface area contributed by atoms with Crippen molar-refractivity contribution in [2.45, 2.75) is 37.2 Å². The van der Waals surface area contributed by atoms with Crippen LogP contribution >= 0.6 is 10.7 Å². The van der Waals surface area contributed by atoms with Gasteiger partial charge in [0.15, 0.2) is 6.10 Å². The summed E-state index contributed by atoms with van der Waals surface area (Å²) in [5.74, 6) is 0.336. The number of benzene rings is 1. The van der Waals surface area contributed by atoms with Crippen LogP contribution in [0.3, 0.4) is 0 Å². The van der Waals surface area contributed by atoms with Crippen molar-refractivity contribution in [1.29, 1.82) is 0 Å². The Labute approximate surface area is 122 Å². The fraction of sp³-hybridized carbons (Fsp3) is 0.462. The van der Waals surface area contributed by atoms with Gasteiger partial charge in [0.2, 0.25) is 0 Å². The lowest BCUT2D eigenvalue weighted by Gasteiger charge is -2.16. The van der Waals surface area contributed by atoms with Crippen molar-refractivity contribution in [3.8, 4) is 5.75 Å². The average molecular weight is 318 g/mol. The van der Waals surface area contributed by atoms with Gasteiger partial charge in [-0.1, -0.05) is 0 Å². The van der Waals surface area contributed by atoms with Crippen LogP contribution in [-0.2, 0) is 13.8 Å². The van der Waals surface area contributed by atoms with Crippen molar-refractivity contribution in [2.24, 2.45) is 0 Å². The van der Waals surface area contributed by atoms with Gasteiger partial charge in [0.05, 0.1) is 4.90 Å². The van der Waals surface area contributed by atoms with Crippen LogP contribution in [0.25, 0.3) is 0 Å². The molecule has 5 nitrogen and oxygen atoms in total. The maximum atomic E-state index is 11.8. The molecule has 20 heavy (non-hydrogen) atoms. The molecule has 1 N–H and O–H groups in total. The van der Waals surface area contributed by atoms with E-state index in [-0.39, 0.29) is 10.8 Å². The van der Waals surface area contributed by atoms with E-state index in [4.69, 9.17) is 15.4 Å². The standard InChI is InChI=1S/C13H16ClNO4S/c1-9-8-10(5-6-12(9)20(14,17)18)19-11-4-2-3-7-15-13(11)16/h5-6,8,11H,2-4,7H2,1H3,(H,15,16). The predicted octanol–water partition coefficient (Wildman–Crippen LogP) is 1.97. The van der Waals surface area contributed by atoms with E-state index in [9.17, 15) is 13.2 Å². The Balaban J connectivity index is 2.18. The highest BCUT2D eigenvalue weighted by atomic mass is 35.7. The molecular formula is C13H16ClNO4S. The summed E-state index contributed by atoms with van der Waals surface area (Å²) >= 11 is 0. The second kappa shape index (κ2) is 6.01. The molecule has 0 aromatic heterocycles. The van der Waals surface area contributed by atoms with Gasteiger partial charge >= 0.3 is 0 Å². The number of carbonyl (C=O) groups excluding carboxylic acids is 1. The number of amides is 1. The number of hydrogen-bond acceptors (Lipinski definition) is 4. The summed E-state index contributed by atoms with van der Waals surface area (Å²) in [5.41, 5.74) is 0.492. The molecule has 1 aromatic carbocycles. The van der Waals surface area contributed by atoms with E-state index in [2.05, 4.69) is 5.32 Å². The summed E-state index contributed by atoms with van der Waals surface area (Å²) < 4.78 is 28.3. The second-order valence-corrected chi connectivity index (χ2v) is 7.29. The largest absolute Gasteiger partial charge is 0.481 e. The van der Waals surface area contributed by atoms with Gasteiger partial charge in [-0.3, -0.25) is 4.79 Å². The summed E-state index contributed by atoms with van der Waals surface area (Å²) in [6.07, 6.45) is 1.97. The van der Waals surface area contributed by atoms with Crippen LogP contribution in [0.5, 0.6) is 5.75 Å². The first-order valence-corrected chi connectivity index (χ1v) is 8.68. The Morgan fingerprint density at radius 1 is 1.35 bits per heavy atom. The van der Waals surface area contributed by atoms with Crippen LogP contribution in [0.4, 0.5) is 0 Å². The second-order valence-electron chi connectivity index (χ2n) is 4.76. The lowest BCUT2D eigenvalue weighted by atomic mass is 10.1. The number of carbonyl (C=O) groups is 1. The van der Waals surface area contributed by atoms with Crippen LogP contribution in [0.1, 0.15) is 24.8 Å². The third-order valence-corrected chi connectivity index (χ3v) is 4.65. The van der Waals surface area contributed by atoms with Gasteiger partial charge in [0, 0.05) is 17.2 Å². The molecule has 0 radical (unpaired) electrons. The van der Waals surface area contributed by atoms with Gasteiger partial charge in [-0.25, -0.2) is 8.42 Å². The van der Waals surface area contributed by atoms with Gasteiger partial charge in [0.1, 0.15) is 5.75 Å². The van der Waals surface area contributed by atoms with E-state index in [1.54, 1.807) is 13.0 Å². The van der Waals surface area contributed by atoms with Crippen molar-refractivity contribution >= 4 is 25.6 Å². The summed E-state index contributed by atoms with van der Waals surface area (Å²) in [6, 6.07) is 4.48. The molecule has 0 aliphatic carbocycles. The quantitative estimate of drug-likeness (QED) is 0.865. The van der Waals surface area contributed by atoms with Crippen molar-refractivity contribution in [2.75, 3.05) is 6.54 Å². The van der Waals surface area contributed by atoms with E-state index in [1.807, 2.05) is 0 Å². The fourth-order valence-corrected chi connectivity index (χ4v) is 3.35. The number of halogens is 1. The Morgan fingerprint density at radius 2 is 2.10 bits per heavy atom. The van der Waals surface area contributed by atoms with E-state index in [1.165, 1.54) is 12.1 Å². The highest BCUT2D eigenvalue weighted by Gasteiger charge is 2.23. The van der Waals surface area contributed by atoms with Crippen molar-refractivity contribution in [3.63, 3.8) is 0 Å². The summed E-state index contributed by atoms with van der Waals surface area (Å²) in [4.78, 5) is 11.8. The zero-order valence-corrected chi connectivity index (χ0v) is 12.6. The molecule has 2 rings (SSSR count). The SMILES string of the molecule is Cc1cc(OC2CCCCNC2=O)ccc1S(=O)(=O)Cl. The summed E-state index contributed by atoms with van der Waals surface area (Å²) in [5, 5.41) is 2.78. The Kier molecular flexibility index (Phi) is 4.55. The Hall–Kier alpha value is -1.27. The number of rotatable bonds is 3. The average Bonchev–Trinajstić information content (AvgIpc) is 2.53. The summed E-state index contributed by atoms with van der Waals surface area (Å²) in [6.45, 7) is 2.30. The zero-order valence-electron chi connectivity index (χ0n) is 11.1. The molecule has 0 spiro atoms. The summed E-state index contributed by atoms with van der Waals surface area (Å²) in [7, 11) is 1.56. The van der Waals surface area contributed by atoms with Gasteiger partial charge < -0.3 is 10.1 Å². The van der Waals surface area contributed by atoms with Crippen LogP contribution in [0.15, 0.2) is 23.1 Å². The molecule has 110 valence electrons. The highest BCUT2D eigenvalue weighted by molar-refractivity contribution is 8.13. The molecule has 1 atom stereocenters. The van der Waals surface area contributed by atoms with Crippen LogP contribution < -0.4 is 10.1 Å². The minimum absolute atomic E-state index is 0.0526. The number of nitrogens with one attached hydrogen (secondary N) is 1. The third-order valence-electron chi connectivity index (χ3n) is 3.17. The Bertz CT molecular complexity index is 615. The molecule has 0 saturated carbocycles. The van der Waals surface area contributed by atoms with Crippen LogP contribution in [-0.4, -0.2) is 27.0 Å². The molecule has 1 aliphatic heterocycles. The molecule has 1 amide bonds. The fourth-order valence-electron chi connectivity index (χ4n) is 2.16. The topological polar surface area (TPSA) is 72.5 Å². The van der Waals surface area contributed by atoms with Crippen molar-refractivity contribution in [3.05, 3.63) is 23.8 Å². The first-order chi connectivity index (χ1) is 9.38. The third kappa shape index (κ3) is 3.64. The molecule has 1 saturated heterocycles. The lowest BCUT2D eigenvalue weighted by Crippen LogP contribution is -2.36. The first kappa shape index (κ1) is 15.1. The molecule has 0 bridgehead atoms. The van der Waals surface area contributed by atoms with Gasteiger partial charge in [-0.05, 0) is 49.9 Å². The first-order valence-electron chi connectivity index (χ1n) is 6.37. The molecule has 1 aromatic rings. The lowest BCUT2D eigenvalue weighted by molar-refractivity contribution is -0.127. The maximum Gasteiger partial charge on any atom is 0.261 e.